The lowest BCUT2D eigenvalue weighted by Gasteiger charge is -2.17. The minimum absolute atomic E-state index is 0.235. The quantitative estimate of drug-likeness (QED) is 0.724. The van der Waals surface area contributed by atoms with Crippen molar-refractivity contribution in [3.8, 4) is 0 Å². The van der Waals surface area contributed by atoms with Crippen LogP contribution in [-0.4, -0.2) is 34.9 Å². The Bertz CT molecular complexity index is 414. The summed E-state index contributed by atoms with van der Waals surface area (Å²) < 4.78 is 2.23. The second-order valence-corrected chi connectivity index (χ2v) is 5.13. The molecule has 0 saturated heterocycles. The molecule has 3 heteroatoms. The molecule has 0 atom stereocenters. The molecule has 0 aliphatic carbocycles. The molecule has 1 aromatic rings. The number of Topliss-reactive ketones (excluding diaryl/α,β-unsaturated/α-hetero) is 1. The van der Waals surface area contributed by atoms with E-state index >= 15 is 0 Å². The van der Waals surface area contributed by atoms with E-state index in [0.29, 0.717) is 12.6 Å². The molecule has 1 aromatic heterocycles. The van der Waals surface area contributed by atoms with Crippen LogP contribution in [-0.2, 0) is 0 Å². The lowest BCUT2D eigenvalue weighted by atomic mass is 10.1. The standard InChI is InChI=1S/C15H26N2O/c1-7-16(8-2)10-15(18)14-9-12(5)17(11(3)4)13(14)6/h9,11H,7-8,10H2,1-6H3. The van der Waals surface area contributed by atoms with Gasteiger partial charge in [0, 0.05) is 23.0 Å². The maximum Gasteiger partial charge on any atom is 0.178 e. The van der Waals surface area contributed by atoms with Crippen molar-refractivity contribution in [3.63, 3.8) is 0 Å². The Morgan fingerprint density at radius 1 is 1.28 bits per heavy atom. The lowest BCUT2D eigenvalue weighted by molar-refractivity contribution is 0.0936. The first-order valence-corrected chi connectivity index (χ1v) is 6.86. The molecule has 0 aliphatic rings. The highest BCUT2D eigenvalue weighted by atomic mass is 16.1. The molecule has 18 heavy (non-hydrogen) atoms. The van der Waals surface area contributed by atoms with Crippen LogP contribution >= 0.6 is 0 Å². The monoisotopic (exact) mass is 250 g/mol. The van der Waals surface area contributed by atoms with Gasteiger partial charge in [-0.05, 0) is 46.9 Å². The first-order valence-electron chi connectivity index (χ1n) is 6.86. The van der Waals surface area contributed by atoms with Gasteiger partial charge in [0.15, 0.2) is 5.78 Å². The number of rotatable bonds is 6. The smallest absolute Gasteiger partial charge is 0.178 e. The highest BCUT2D eigenvalue weighted by molar-refractivity contribution is 5.99. The van der Waals surface area contributed by atoms with Gasteiger partial charge in [-0.1, -0.05) is 13.8 Å². The number of nitrogens with zero attached hydrogens (tertiary/aromatic N) is 2. The summed E-state index contributed by atoms with van der Waals surface area (Å²) in [4.78, 5) is 14.5. The third-order valence-electron chi connectivity index (χ3n) is 3.56. The highest BCUT2D eigenvalue weighted by Gasteiger charge is 2.18. The summed E-state index contributed by atoms with van der Waals surface area (Å²) in [6.07, 6.45) is 0. The number of carbonyl (C=O) groups excluding carboxylic acids is 1. The van der Waals surface area contributed by atoms with Gasteiger partial charge in [0.25, 0.3) is 0 Å². The molecule has 0 aliphatic heterocycles. The summed E-state index contributed by atoms with van der Waals surface area (Å²) in [5, 5.41) is 0. The zero-order valence-electron chi connectivity index (χ0n) is 12.6. The predicted molar refractivity (Wildman–Crippen MR) is 76.4 cm³/mol. The molecule has 0 N–H and O–H groups in total. The van der Waals surface area contributed by atoms with Crippen molar-refractivity contribution in [2.75, 3.05) is 19.6 Å². The van der Waals surface area contributed by atoms with Gasteiger partial charge >= 0.3 is 0 Å². The van der Waals surface area contributed by atoms with E-state index in [-0.39, 0.29) is 5.78 Å². The fourth-order valence-electron chi connectivity index (χ4n) is 2.59. The largest absolute Gasteiger partial charge is 0.346 e. The number of aromatic nitrogens is 1. The van der Waals surface area contributed by atoms with Gasteiger partial charge in [0.05, 0.1) is 6.54 Å². The van der Waals surface area contributed by atoms with Crippen LogP contribution in [0.2, 0.25) is 0 Å². The minimum atomic E-state index is 0.235. The molecule has 1 rings (SSSR count). The molecule has 3 nitrogen and oxygen atoms in total. The van der Waals surface area contributed by atoms with Crippen molar-refractivity contribution in [3.05, 3.63) is 23.0 Å². The van der Waals surface area contributed by atoms with Gasteiger partial charge < -0.3 is 4.57 Å². The summed E-state index contributed by atoms with van der Waals surface area (Å²) in [5.41, 5.74) is 3.15. The molecule has 1 heterocycles. The Kier molecular flexibility index (Phi) is 5.15. The van der Waals surface area contributed by atoms with E-state index in [1.807, 2.05) is 13.0 Å². The predicted octanol–water partition coefficient (Wildman–Crippen LogP) is 3.21. The Labute approximate surface area is 111 Å². The Hall–Kier alpha value is -1.09. The van der Waals surface area contributed by atoms with Crippen molar-refractivity contribution in [2.24, 2.45) is 0 Å². The van der Waals surface area contributed by atoms with E-state index < -0.39 is 0 Å². The van der Waals surface area contributed by atoms with Crippen LogP contribution in [0.25, 0.3) is 0 Å². The molecule has 0 spiro atoms. The van der Waals surface area contributed by atoms with E-state index in [4.69, 9.17) is 0 Å². The van der Waals surface area contributed by atoms with Gasteiger partial charge in [0.2, 0.25) is 0 Å². The highest BCUT2D eigenvalue weighted by Crippen LogP contribution is 2.20. The number of aryl methyl sites for hydroxylation is 1. The number of carbonyl (C=O) groups is 1. The zero-order valence-corrected chi connectivity index (χ0v) is 12.6. The maximum atomic E-state index is 12.3. The van der Waals surface area contributed by atoms with Crippen LogP contribution < -0.4 is 0 Å². The van der Waals surface area contributed by atoms with Gasteiger partial charge in [-0.2, -0.15) is 0 Å². The Morgan fingerprint density at radius 2 is 1.83 bits per heavy atom. The molecule has 0 radical (unpaired) electrons. The van der Waals surface area contributed by atoms with E-state index in [1.165, 1.54) is 5.69 Å². The lowest BCUT2D eigenvalue weighted by Crippen LogP contribution is -2.29. The number of hydrogen-bond donors (Lipinski definition) is 0. The van der Waals surface area contributed by atoms with Crippen molar-refractivity contribution < 1.29 is 4.79 Å². The molecule has 0 saturated carbocycles. The van der Waals surface area contributed by atoms with Crippen LogP contribution in [0.5, 0.6) is 0 Å². The third-order valence-corrected chi connectivity index (χ3v) is 3.56. The molecule has 0 fully saturated rings. The molecule has 0 unspecified atom stereocenters. The van der Waals surface area contributed by atoms with Crippen molar-refractivity contribution >= 4 is 5.78 Å². The van der Waals surface area contributed by atoms with Crippen molar-refractivity contribution in [2.45, 2.75) is 47.6 Å². The fraction of sp³-hybridized carbons (Fsp3) is 0.667. The van der Waals surface area contributed by atoms with Crippen LogP contribution in [0, 0.1) is 13.8 Å². The van der Waals surface area contributed by atoms with Crippen molar-refractivity contribution in [1.29, 1.82) is 0 Å². The molecule has 102 valence electrons. The zero-order chi connectivity index (χ0) is 13.9. The second-order valence-electron chi connectivity index (χ2n) is 5.13. The summed E-state index contributed by atoms with van der Waals surface area (Å²) in [7, 11) is 0. The number of hydrogen-bond acceptors (Lipinski definition) is 2. The molecule has 0 aromatic carbocycles. The third kappa shape index (κ3) is 3.02. The topological polar surface area (TPSA) is 25.2 Å². The fourth-order valence-corrected chi connectivity index (χ4v) is 2.59. The normalized spacial score (nSPS) is 11.6. The summed E-state index contributed by atoms with van der Waals surface area (Å²) in [5.74, 6) is 0.235. The summed E-state index contributed by atoms with van der Waals surface area (Å²) in [6, 6.07) is 2.43. The summed E-state index contributed by atoms with van der Waals surface area (Å²) in [6.45, 7) is 15.0. The summed E-state index contributed by atoms with van der Waals surface area (Å²) >= 11 is 0. The van der Waals surface area contributed by atoms with E-state index in [0.717, 1.165) is 24.3 Å². The Balaban J connectivity index is 2.97. The van der Waals surface area contributed by atoms with Crippen LogP contribution in [0.1, 0.15) is 55.5 Å². The van der Waals surface area contributed by atoms with Crippen LogP contribution in [0.3, 0.4) is 0 Å². The average molecular weight is 250 g/mol. The van der Waals surface area contributed by atoms with E-state index in [2.05, 4.69) is 44.1 Å². The number of likely N-dealkylation sites (N-methyl/N-ethyl adjacent to an activating group) is 1. The van der Waals surface area contributed by atoms with Gasteiger partial charge in [-0.25, -0.2) is 0 Å². The Morgan fingerprint density at radius 3 is 2.22 bits per heavy atom. The molecular formula is C15H26N2O. The minimum Gasteiger partial charge on any atom is -0.346 e. The van der Waals surface area contributed by atoms with Gasteiger partial charge in [-0.15, -0.1) is 0 Å². The maximum absolute atomic E-state index is 12.3. The van der Waals surface area contributed by atoms with Crippen LogP contribution in [0.4, 0.5) is 0 Å². The molecule has 0 amide bonds. The number of ketones is 1. The second kappa shape index (κ2) is 6.19. The van der Waals surface area contributed by atoms with Gasteiger partial charge in [0.1, 0.15) is 0 Å². The van der Waals surface area contributed by atoms with Crippen molar-refractivity contribution in [1.82, 2.24) is 9.47 Å². The average Bonchev–Trinajstić information content (AvgIpc) is 2.61. The molecular weight excluding hydrogens is 224 g/mol. The molecule has 0 bridgehead atoms. The van der Waals surface area contributed by atoms with Gasteiger partial charge in [-0.3, -0.25) is 9.69 Å². The first kappa shape index (κ1) is 15.0. The van der Waals surface area contributed by atoms with Crippen LogP contribution in [0.15, 0.2) is 6.07 Å². The van der Waals surface area contributed by atoms with E-state index in [1.54, 1.807) is 0 Å². The first-order chi connectivity index (χ1) is 8.42. The SMILES string of the molecule is CCN(CC)CC(=O)c1cc(C)n(C(C)C)c1C. The van der Waals surface area contributed by atoms with E-state index in [9.17, 15) is 4.79 Å².